The van der Waals surface area contributed by atoms with E-state index in [1.807, 2.05) is 48.7 Å². The van der Waals surface area contributed by atoms with Crippen molar-refractivity contribution in [1.29, 1.82) is 0 Å². The van der Waals surface area contributed by atoms with Gasteiger partial charge in [-0.3, -0.25) is 4.79 Å². The van der Waals surface area contributed by atoms with Crippen molar-refractivity contribution in [3.05, 3.63) is 60.4 Å². The third-order valence-corrected chi connectivity index (χ3v) is 5.38. The molecule has 1 aromatic carbocycles. The van der Waals surface area contributed by atoms with Crippen LogP contribution in [0.1, 0.15) is 18.4 Å². The number of carbonyl (C=O) groups excluding carboxylic acids is 1. The van der Waals surface area contributed by atoms with Gasteiger partial charge in [-0.05, 0) is 49.1 Å². The van der Waals surface area contributed by atoms with Gasteiger partial charge in [0, 0.05) is 32.0 Å². The summed E-state index contributed by atoms with van der Waals surface area (Å²) < 4.78 is 7.05. The van der Waals surface area contributed by atoms with Crippen molar-refractivity contribution in [2.75, 3.05) is 31.6 Å². The van der Waals surface area contributed by atoms with Crippen LogP contribution in [0.5, 0.6) is 5.75 Å². The number of nitrogens with one attached hydrogen (secondary N) is 1. The number of hydrogen-bond donors (Lipinski definition) is 1. The van der Waals surface area contributed by atoms with Gasteiger partial charge in [-0.1, -0.05) is 18.2 Å². The molecule has 0 aliphatic carbocycles. The molecule has 0 bridgehead atoms. The molecule has 1 unspecified atom stereocenters. The summed E-state index contributed by atoms with van der Waals surface area (Å²) in [5.41, 5.74) is 1.10. The van der Waals surface area contributed by atoms with Gasteiger partial charge in [-0.25, -0.2) is 4.68 Å². The van der Waals surface area contributed by atoms with Crippen molar-refractivity contribution in [3.8, 4) is 11.6 Å². The Morgan fingerprint density at radius 1 is 1.17 bits per heavy atom. The maximum Gasteiger partial charge on any atom is 0.224 e. The molecular weight excluding hydrogens is 380 g/mol. The molecule has 1 fully saturated rings. The molecule has 3 aromatic rings. The van der Waals surface area contributed by atoms with Crippen LogP contribution in [-0.2, 0) is 11.2 Å². The van der Waals surface area contributed by atoms with E-state index in [1.54, 1.807) is 18.0 Å². The second-order valence-corrected chi connectivity index (χ2v) is 7.34. The van der Waals surface area contributed by atoms with E-state index in [9.17, 15) is 4.79 Å². The van der Waals surface area contributed by atoms with Crippen LogP contribution in [0.15, 0.2) is 54.9 Å². The van der Waals surface area contributed by atoms with E-state index in [-0.39, 0.29) is 11.8 Å². The Kier molecular flexibility index (Phi) is 6.22. The van der Waals surface area contributed by atoms with Crippen LogP contribution in [0.4, 0.5) is 5.82 Å². The highest BCUT2D eigenvalue weighted by Crippen LogP contribution is 2.22. The monoisotopic (exact) mass is 406 g/mol. The molecule has 156 valence electrons. The van der Waals surface area contributed by atoms with Crippen LogP contribution < -0.4 is 15.0 Å². The minimum atomic E-state index is -0.0518. The minimum Gasteiger partial charge on any atom is -0.496 e. The summed E-state index contributed by atoms with van der Waals surface area (Å²) in [6.45, 7) is 2.12. The standard InChI is InChI=1S/C22H26N6O2/c1-30-19-8-3-2-6-17(19)11-13-23-22(29)18-7-4-14-27(16-18)20-9-10-21(26-25-20)28-15-5-12-24-28/h2-3,5-6,8-10,12,15,18H,4,7,11,13-14,16H2,1H3,(H,23,29). The molecule has 1 aliphatic heterocycles. The van der Waals surface area contributed by atoms with Crippen molar-refractivity contribution >= 4 is 11.7 Å². The number of aromatic nitrogens is 4. The minimum absolute atomic E-state index is 0.0518. The van der Waals surface area contributed by atoms with Gasteiger partial charge in [-0.2, -0.15) is 5.10 Å². The number of amides is 1. The molecule has 1 N–H and O–H groups in total. The van der Waals surface area contributed by atoms with Gasteiger partial charge in [0.05, 0.1) is 13.0 Å². The lowest BCUT2D eigenvalue weighted by Crippen LogP contribution is -2.43. The molecule has 1 aliphatic rings. The first kappa shape index (κ1) is 19.9. The first-order chi connectivity index (χ1) is 14.7. The Balaban J connectivity index is 1.31. The van der Waals surface area contributed by atoms with Crippen LogP contribution in [0.2, 0.25) is 0 Å². The van der Waals surface area contributed by atoms with E-state index in [4.69, 9.17) is 4.74 Å². The molecule has 30 heavy (non-hydrogen) atoms. The fraction of sp³-hybridized carbons (Fsp3) is 0.364. The number of methoxy groups -OCH3 is 1. The van der Waals surface area contributed by atoms with Crippen LogP contribution in [0, 0.1) is 5.92 Å². The predicted molar refractivity (Wildman–Crippen MR) is 114 cm³/mol. The smallest absolute Gasteiger partial charge is 0.224 e. The van der Waals surface area contributed by atoms with E-state index in [1.165, 1.54) is 0 Å². The zero-order valence-electron chi connectivity index (χ0n) is 17.1. The highest BCUT2D eigenvalue weighted by molar-refractivity contribution is 5.79. The van der Waals surface area contributed by atoms with Crippen molar-refractivity contribution in [2.24, 2.45) is 5.92 Å². The van der Waals surface area contributed by atoms with Crippen molar-refractivity contribution in [3.63, 3.8) is 0 Å². The molecule has 3 heterocycles. The zero-order chi connectivity index (χ0) is 20.8. The van der Waals surface area contributed by atoms with Gasteiger partial charge in [0.2, 0.25) is 5.91 Å². The van der Waals surface area contributed by atoms with Crippen LogP contribution >= 0.6 is 0 Å². The molecule has 0 radical (unpaired) electrons. The van der Waals surface area contributed by atoms with Crippen LogP contribution in [0.3, 0.4) is 0 Å². The van der Waals surface area contributed by atoms with Crippen LogP contribution in [0.25, 0.3) is 5.82 Å². The van der Waals surface area contributed by atoms with E-state index in [0.29, 0.717) is 18.9 Å². The topological polar surface area (TPSA) is 85.2 Å². The highest BCUT2D eigenvalue weighted by atomic mass is 16.5. The summed E-state index contributed by atoms with van der Waals surface area (Å²) >= 11 is 0. The Morgan fingerprint density at radius 3 is 2.77 bits per heavy atom. The Bertz CT molecular complexity index is 958. The van der Waals surface area contributed by atoms with Gasteiger partial charge < -0.3 is 15.0 Å². The zero-order valence-corrected chi connectivity index (χ0v) is 17.1. The van der Waals surface area contributed by atoms with Gasteiger partial charge in [-0.15, -0.1) is 10.2 Å². The molecule has 0 saturated carbocycles. The summed E-state index contributed by atoms with van der Waals surface area (Å²) in [5.74, 6) is 2.36. The molecule has 8 nitrogen and oxygen atoms in total. The van der Waals surface area contributed by atoms with E-state index in [0.717, 1.165) is 42.9 Å². The highest BCUT2D eigenvalue weighted by Gasteiger charge is 2.26. The first-order valence-corrected chi connectivity index (χ1v) is 10.2. The third-order valence-electron chi connectivity index (χ3n) is 5.38. The number of anilines is 1. The van der Waals surface area contributed by atoms with Crippen molar-refractivity contribution in [1.82, 2.24) is 25.3 Å². The van der Waals surface area contributed by atoms with Gasteiger partial charge >= 0.3 is 0 Å². The predicted octanol–water partition coefficient (Wildman–Crippen LogP) is 2.25. The van der Waals surface area contributed by atoms with E-state index >= 15 is 0 Å². The lowest BCUT2D eigenvalue weighted by molar-refractivity contribution is -0.125. The van der Waals surface area contributed by atoms with E-state index in [2.05, 4.69) is 25.5 Å². The molecule has 4 rings (SSSR count). The molecular formula is C22H26N6O2. The average molecular weight is 406 g/mol. The Morgan fingerprint density at radius 2 is 2.00 bits per heavy atom. The second kappa shape index (κ2) is 9.39. The number of carbonyl (C=O) groups is 1. The average Bonchev–Trinajstić information content (AvgIpc) is 3.34. The number of para-hydroxylation sites is 1. The number of hydrogen-bond acceptors (Lipinski definition) is 6. The normalized spacial score (nSPS) is 16.3. The van der Waals surface area contributed by atoms with E-state index < -0.39 is 0 Å². The number of rotatable bonds is 7. The summed E-state index contributed by atoms with van der Waals surface area (Å²) in [6, 6.07) is 13.6. The Labute approximate surface area is 175 Å². The molecule has 8 heteroatoms. The summed E-state index contributed by atoms with van der Waals surface area (Å²) in [6.07, 6.45) is 6.11. The largest absolute Gasteiger partial charge is 0.496 e. The summed E-state index contributed by atoms with van der Waals surface area (Å²) in [7, 11) is 1.67. The maximum absolute atomic E-state index is 12.7. The molecule has 1 amide bonds. The molecule has 1 saturated heterocycles. The summed E-state index contributed by atoms with van der Waals surface area (Å²) in [5, 5.41) is 15.9. The third kappa shape index (κ3) is 4.59. The van der Waals surface area contributed by atoms with Gasteiger partial charge in [0.15, 0.2) is 11.6 Å². The van der Waals surface area contributed by atoms with Gasteiger partial charge in [0.25, 0.3) is 0 Å². The lowest BCUT2D eigenvalue weighted by atomic mass is 9.97. The summed E-state index contributed by atoms with van der Waals surface area (Å²) in [4.78, 5) is 14.8. The molecule has 2 aromatic heterocycles. The van der Waals surface area contributed by atoms with Crippen LogP contribution in [-0.4, -0.2) is 52.6 Å². The van der Waals surface area contributed by atoms with Crippen molar-refractivity contribution in [2.45, 2.75) is 19.3 Å². The quantitative estimate of drug-likeness (QED) is 0.648. The SMILES string of the molecule is COc1ccccc1CCNC(=O)C1CCCN(c2ccc(-n3cccn3)nn2)C1. The second-order valence-electron chi connectivity index (χ2n) is 7.34. The number of nitrogens with zero attached hydrogens (tertiary/aromatic N) is 5. The maximum atomic E-state index is 12.7. The lowest BCUT2D eigenvalue weighted by Gasteiger charge is -2.32. The number of ether oxygens (including phenoxy) is 1. The van der Waals surface area contributed by atoms with Crippen molar-refractivity contribution < 1.29 is 9.53 Å². The Hall–Kier alpha value is -3.42. The first-order valence-electron chi connectivity index (χ1n) is 10.2. The molecule has 0 spiro atoms. The van der Waals surface area contributed by atoms with Gasteiger partial charge in [0.1, 0.15) is 5.75 Å². The molecule has 1 atom stereocenters. The fourth-order valence-corrected chi connectivity index (χ4v) is 3.79. The number of benzene rings is 1. The number of piperidine rings is 1. The fourth-order valence-electron chi connectivity index (χ4n) is 3.79.